The van der Waals surface area contributed by atoms with Crippen LogP contribution < -0.4 is 0 Å². The number of hydrogen-bond donors (Lipinski definition) is 2. The molecule has 38 valence electrons. The Balaban J connectivity index is 3.12. The van der Waals surface area contributed by atoms with E-state index in [0.717, 1.165) is 0 Å². The summed E-state index contributed by atoms with van der Waals surface area (Å²) in [5.74, 6) is -0.111. The van der Waals surface area contributed by atoms with Gasteiger partial charge in [0.25, 0.3) is 0 Å². The fraction of sp³-hybridized carbons (Fsp3) is 0. The van der Waals surface area contributed by atoms with Gasteiger partial charge in [0.05, 0.1) is 0 Å². The van der Waals surface area contributed by atoms with Crippen LogP contribution in [0, 0.1) is 0 Å². The second-order valence-corrected chi connectivity index (χ2v) is 1.30. The lowest BCUT2D eigenvalue weighted by atomic mass is 10.6. The van der Waals surface area contributed by atoms with Crippen LogP contribution in [0.3, 0.4) is 0 Å². The van der Waals surface area contributed by atoms with Gasteiger partial charge in [-0.05, 0) is 0 Å². The molecule has 1 aromatic carbocycles. The summed E-state index contributed by atoms with van der Waals surface area (Å²) in [7, 11) is 0. The zero-order chi connectivity index (χ0) is 5.28. The average Bonchev–Trinajstić information content (AvgIpc) is 1.91. The summed E-state index contributed by atoms with van der Waals surface area (Å²) >= 11 is 0. The maximum absolute atomic E-state index is 8.51. The highest BCUT2D eigenvalue weighted by atomic mass is 16.3. The number of hydrogen-bond acceptors (Lipinski definition) is 2. The Labute approximate surface area is 41.0 Å². The van der Waals surface area contributed by atoms with Crippen LogP contribution in [0.5, 0.6) is 11.5 Å². The van der Waals surface area contributed by atoms with Crippen LogP contribution in [-0.4, -0.2) is 10.2 Å². The summed E-state index contributed by atoms with van der Waals surface area (Å²) in [6.45, 7) is 0. The van der Waals surface area contributed by atoms with Gasteiger partial charge in [-0.25, -0.2) is 0 Å². The van der Waals surface area contributed by atoms with Crippen LogP contribution in [0.2, 0.25) is 0 Å². The molecule has 0 radical (unpaired) electrons. The van der Waals surface area contributed by atoms with E-state index in [9.17, 15) is 0 Å². The molecule has 0 saturated carbocycles. The summed E-state index contributed by atoms with van der Waals surface area (Å²) in [5.41, 5.74) is 0. The van der Waals surface area contributed by atoms with Gasteiger partial charge in [-0.15, -0.1) is 6.07 Å². The zero-order valence-corrected chi connectivity index (χ0v) is 3.63. The molecule has 0 saturated heterocycles. The molecule has 2 heteroatoms. The largest absolute Gasteiger partial charge is 0.574 e. The minimum absolute atomic E-state index is 0.0556. The fourth-order valence-corrected chi connectivity index (χ4v) is 0.401. The normalized spacial score (nSPS) is 9.14. The van der Waals surface area contributed by atoms with Gasteiger partial charge in [-0.2, -0.15) is 12.1 Å². The molecule has 1 rings (SSSR count). The second kappa shape index (κ2) is 1.22. The first-order valence-corrected chi connectivity index (χ1v) is 1.94. The molecule has 0 aliphatic rings. The summed E-state index contributed by atoms with van der Waals surface area (Å²) in [6, 6.07) is 4.43. The lowest BCUT2D eigenvalue weighted by Crippen LogP contribution is -1.50. The molecule has 0 heterocycles. The lowest BCUT2D eigenvalue weighted by molar-refractivity contribution is 0.407. The molecule has 0 aliphatic carbocycles. The minimum Gasteiger partial charge on any atom is -0.574 e. The van der Waals surface area contributed by atoms with Gasteiger partial charge in [-0.1, -0.05) is 0 Å². The molecule has 0 amide bonds. The summed E-state index contributed by atoms with van der Waals surface area (Å²) in [4.78, 5) is 0. The molecule has 0 spiro atoms. The number of aromatic hydroxyl groups is 2. The van der Waals surface area contributed by atoms with Crippen molar-refractivity contribution >= 4 is 0 Å². The third-order valence-corrected chi connectivity index (χ3v) is 0.771. The van der Waals surface area contributed by atoms with Crippen molar-refractivity contribution in [1.29, 1.82) is 0 Å². The Hall–Kier alpha value is -1.05. The number of rotatable bonds is 0. The highest BCUT2D eigenvalue weighted by Crippen LogP contribution is 2.23. The molecule has 0 aromatic heterocycles. The van der Waals surface area contributed by atoms with E-state index in [2.05, 4.69) is 0 Å². The van der Waals surface area contributed by atoms with Crippen LogP contribution in [0.4, 0.5) is 0 Å². The maximum Gasteiger partial charge on any atom is 0.0371 e. The van der Waals surface area contributed by atoms with Gasteiger partial charge < -0.3 is 10.2 Å². The first-order chi connectivity index (χ1) is 3.30. The van der Waals surface area contributed by atoms with E-state index < -0.39 is 0 Å². The van der Waals surface area contributed by atoms with Crippen LogP contribution >= 0.6 is 0 Å². The molecular weight excluding hydrogens is 92.1 g/mol. The Morgan fingerprint density at radius 3 is 2.29 bits per heavy atom. The van der Waals surface area contributed by atoms with Gasteiger partial charge in [0, 0.05) is 11.5 Å². The zero-order valence-electron chi connectivity index (χ0n) is 3.63. The molecule has 1 aromatic rings. The quantitative estimate of drug-likeness (QED) is 0.470. The van der Waals surface area contributed by atoms with Gasteiger partial charge in [0.1, 0.15) is 0 Å². The molecule has 0 atom stereocenters. The molecule has 0 bridgehead atoms. The van der Waals surface area contributed by atoms with Crippen molar-refractivity contribution in [2.24, 2.45) is 0 Å². The van der Waals surface area contributed by atoms with Gasteiger partial charge >= 0.3 is 0 Å². The molecule has 7 heavy (non-hydrogen) atoms. The van der Waals surface area contributed by atoms with Crippen molar-refractivity contribution < 1.29 is 10.2 Å². The summed E-state index contributed by atoms with van der Waals surface area (Å²) in [5, 5.41) is 17.0. The van der Waals surface area contributed by atoms with Crippen LogP contribution in [0.1, 0.15) is 0 Å². The van der Waals surface area contributed by atoms with Gasteiger partial charge in [0.15, 0.2) is 0 Å². The van der Waals surface area contributed by atoms with E-state index in [4.69, 9.17) is 10.2 Å². The van der Waals surface area contributed by atoms with Crippen molar-refractivity contribution in [2.75, 3.05) is 0 Å². The standard InChI is InChI=1S/C5H5O2/c6-4-2-1-3-5(4)7/h1-3,6-7H/q-1. The van der Waals surface area contributed by atoms with E-state index in [1.54, 1.807) is 6.07 Å². The molecule has 2 nitrogen and oxygen atoms in total. The molecular formula is C5H5O2-. The van der Waals surface area contributed by atoms with Crippen molar-refractivity contribution in [1.82, 2.24) is 0 Å². The predicted molar refractivity (Wildman–Crippen MR) is 25.4 cm³/mol. The van der Waals surface area contributed by atoms with Crippen LogP contribution in [-0.2, 0) is 0 Å². The molecule has 2 N–H and O–H groups in total. The highest BCUT2D eigenvalue weighted by Gasteiger charge is 1.79. The van der Waals surface area contributed by atoms with Gasteiger partial charge in [0.2, 0.25) is 0 Å². The summed E-state index contributed by atoms with van der Waals surface area (Å²) < 4.78 is 0. The SMILES string of the molecule is Oc1cc[cH-]c1O. The van der Waals surface area contributed by atoms with Crippen LogP contribution in [0.25, 0.3) is 0 Å². The van der Waals surface area contributed by atoms with E-state index in [0.29, 0.717) is 0 Å². The van der Waals surface area contributed by atoms with E-state index in [1.165, 1.54) is 12.1 Å². The van der Waals surface area contributed by atoms with Crippen molar-refractivity contribution in [3.8, 4) is 11.5 Å². The van der Waals surface area contributed by atoms with Crippen LogP contribution in [0.15, 0.2) is 18.2 Å². The lowest BCUT2D eigenvalue weighted by Gasteiger charge is -1.91. The Morgan fingerprint density at radius 2 is 2.14 bits per heavy atom. The van der Waals surface area contributed by atoms with Crippen molar-refractivity contribution in [3.63, 3.8) is 0 Å². The molecule has 0 fully saturated rings. The predicted octanol–water partition coefficient (Wildman–Crippen LogP) is 0.817. The minimum atomic E-state index is -0.0556. The topological polar surface area (TPSA) is 40.5 Å². The third kappa shape index (κ3) is 0.538. The van der Waals surface area contributed by atoms with Gasteiger partial charge in [-0.3, -0.25) is 0 Å². The first kappa shape index (κ1) is 4.12. The van der Waals surface area contributed by atoms with Crippen molar-refractivity contribution in [2.45, 2.75) is 0 Å². The first-order valence-electron chi connectivity index (χ1n) is 1.94. The van der Waals surface area contributed by atoms with E-state index >= 15 is 0 Å². The summed E-state index contributed by atoms with van der Waals surface area (Å²) in [6.07, 6.45) is 0. The molecule has 0 aliphatic heterocycles. The Morgan fingerprint density at radius 1 is 1.43 bits per heavy atom. The van der Waals surface area contributed by atoms with Crippen molar-refractivity contribution in [3.05, 3.63) is 18.2 Å². The second-order valence-electron chi connectivity index (χ2n) is 1.30. The average molecular weight is 97.1 g/mol. The monoisotopic (exact) mass is 97.0 g/mol. The maximum atomic E-state index is 8.51. The highest BCUT2D eigenvalue weighted by molar-refractivity contribution is 5.38. The Bertz CT molecular complexity index is 138. The molecule has 0 unspecified atom stereocenters. The van der Waals surface area contributed by atoms with E-state index in [-0.39, 0.29) is 11.5 Å². The smallest absolute Gasteiger partial charge is 0.0371 e. The van der Waals surface area contributed by atoms with E-state index in [1.807, 2.05) is 0 Å². The fourth-order valence-electron chi connectivity index (χ4n) is 0.401. The Kier molecular flexibility index (Phi) is 0.719. The third-order valence-electron chi connectivity index (χ3n) is 0.771.